The molecule has 0 bridgehead atoms. The largest absolute Gasteiger partial charge is 0.370 e. The van der Waals surface area contributed by atoms with E-state index in [0.29, 0.717) is 21.5 Å². The topological polar surface area (TPSA) is 129 Å². The van der Waals surface area contributed by atoms with E-state index in [9.17, 15) is 23.6 Å². The summed E-state index contributed by atoms with van der Waals surface area (Å²) in [5, 5.41) is 10.1. The minimum Gasteiger partial charge on any atom is -0.370 e. The van der Waals surface area contributed by atoms with Crippen LogP contribution in [0.25, 0.3) is 0 Å². The summed E-state index contributed by atoms with van der Waals surface area (Å²) in [6, 6.07) is 5.01. The maximum atomic E-state index is 14.8. The third-order valence-electron chi connectivity index (χ3n) is 4.81. The van der Waals surface area contributed by atoms with Crippen molar-refractivity contribution in [1.29, 1.82) is 0 Å². The number of thiophene rings is 1. The quantitative estimate of drug-likeness (QED) is 0.420. The number of ether oxygens (including phenoxy) is 1. The van der Waals surface area contributed by atoms with Gasteiger partial charge in [-0.2, -0.15) is 0 Å². The lowest BCUT2D eigenvalue weighted by Gasteiger charge is -2.27. The lowest BCUT2D eigenvalue weighted by Crippen LogP contribution is -2.54. The van der Waals surface area contributed by atoms with Gasteiger partial charge in [0.05, 0.1) is 21.5 Å². The molecule has 10 nitrogen and oxygen atoms in total. The summed E-state index contributed by atoms with van der Waals surface area (Å²) in [5.41, 5.74) is 0.188. The Labute approximate surface area is 210 Å². The summed E-state index contributed by atoms with van der Waals surface area (Å²) in [7, 11) is 0. The molecule has 1 aliphatic rings. The molecule has 1 aromatic heterocycles. The second-order valence-corrected chi connectivity index (χ2v) is 9.61. The molecular formula is C22H25ClFN5O5S. The monoisotopic (exact) mass is 525 g/mol. The lowest BCUT2D eigenvalue weighted by atomic mass is 10.2. The summed E-state index contributed by atoms with van der Waals surface area (Å²) in [6.07, 6.45) is 0. The van der Waals surface area contributed by atoms with Gasteiger partial charge in [-0.05, 0) is 44.2 Å². The molecule has 2 aromatic rings. The SMILES string of the molecule is CC(C)NC(=O)N[C@H](CNC(=O)c1ccc(Cl)s1)C(=O)Nc1ccc(N2CCOCC2=O)cc1F. The van der Waals surface area contributed by atoms with Crippen LogP contribution in [0, 0.1) is 5.82 Å². The van der Waals surface area contributed by atoms with Crippen LogP contribution >= 0.6 is 22.9 Å². The first-order valence-electron chi connectivity index (χ1n) is 10.7. The van der Waals surface area contributed by atoms with Crippen molar-refractivity contribution in [3.05, 3.63) is 45.4 Å². The van der Waals surface area contributed by atoms with Crippen LogP contribution in [0.3, 0.4) is 0 Å². The summed E-state index contributed by atoms with van der Waals surface area (Å²) in [6.45, 7) is 3.76. The minimum absolute atomic E-state index is 0.0880. The fourth-order valence-electron chi connectivity index (χ4n) is 3.17. The third kappa shape index (κ3) is 7.38. The highest BCUT2D eigenvalue weighted by atomic mass is 35.5. The Morgan fingerprint density at radius 3 is 2.60 bits per heavy atom. The zero-order valence-corrected chi connectivity index (χ0v) is 20.6. The van der Waals surface area contributed by atoms with Crippen molar-refractivity contribution >= 4 is 58.1 Å². The highest BCUT2D eigenvalue weighted by Gasteiger charge is 2.25. The van der Waals surface area contributed by atoms with Gasteiger partial charge in [0, 0.05) is 24.8 Å². The van der Waals surface area contributed by atoms with Crippen LogP contribution in [-0.2, 0) is 14.3 Å². The van der Waals surface area contributed by atoms with Gasteiger partial charge in [0.1, 0.15) is 18.5 Å². The predicted octanol–water partition coefficient (Wildman–Crippen LogP) is 2.35. The number of carbonyl (C=O) groups is 4. The van der Waals surface area contributed by atoms with E-state index in [4.69, 9.17) is 16.3 Å². The van der Waals surface area contributed by atoms with Gasteiger partial charge >= 0.3 is 6.03 Å². The second-order valence-electron chi connectivity index (χ2n) is 7.89. The molecule has 35 heavy (non-hydrogen) atoms. The number of amides is 5. The van der Waals surface area contributed by atoms with Gasteiger partial charge in [0.2, 0.25) is 5.91 Å². The summed E-state index contributed by atoms with van der Waals surface area (Å²) >= 11 is 6.92. The van der Waals surface area contributed by atoms with Gasteiger partial charge in [-0.15, -0.1) is 11.3 Å². The summed E-state index contributed by atoms with van der Waals surface area (Å²) < 4.78 is 20.3. The number of carbonyl (C=O) groups excluding carboxylic acids is 4. The normalized spacial score (nSPS) is 14.4. The molecular weight excluding hydrogens is 501 g/mol. The molecule has 4 N–H and O–H groups in total. The number of rotatable bonds is 8. The summed E-state index contributed by atoms with van der Waals surface area (Å²) in [5.74, 6) is -2.28. The maximum Gasteiger partial charge on any atom is 0.315 e. The van der Waals surface area contributed by atoms with E-state index in [1.54, 1.807) is 19.9 Å². The highest BCUT2D eigenvalue weighted by Crippen LogP contribution is 2.24. The van der Waals surface area contributed by atoms with E-state index in [0.717, 1.165) is 17.4 Å². The fraction of sp³-hybridized carbons (Fsp3) is 0.364. The van der Waals surface area contributed by atoms with E-state index in [1.165, 1.54) is 23.1 Å². The molecule has 1 aliphatic heterocycles. The molecule has 5 amide bonds. The Morgan fingerprint density at radius 1 is 1.20 bits per heavy atom. The van der Waals surface area contributed by atoms with E-state index in [2.05, 4.69) is 21.3 Å². The van der Waals surface area contributed by atoms with Gasteiger partial charge in [0.15, 0.2) is 0 Å². The smallest absolute Gasteiger partial charge is 0.315 e. The lowest BCUT2D eigenvalue weighted by molar-refractivity contribution is -0.125. The van der Waals surface area contributed by atoms with Crippen LogP contribution in [0.4, 0.5) is 20.6 Å². The standard InChI is InChI=1S/C22H25ClFN5O5S/c1-12(2)26-22(33)28-16(10-25-21(32)17-5-6-18(23)35-17)20(31)27-15-4-3-13(9-14(15)24)29-7-8-34-11-19(29)30/h3-6,9,12,16H,7-8,10-11H2,1-2H3,(H,25,32)(H,27,31)(H2,26,28,33)/t16-/m1/s1. The molecule has 0 spiro atoms. The van der Waals surface area contributed by atoms with Crippen LogP contribution in [0.1, 0.15) is 23.5 Å². The second kappa shape index (κ2) is 12.0. The van der Waals surface area contributed by atoms with Crippen LogP contribution in [0.5, 0.6) is 0 Å². The number of urea groups is 1. The van der Waals surface area contributed by atoms with Gasteiger partial charge in [-0.1, -0.05) is 11.6 Å². The van der Waals surface area contributed by atoms with Crippen LogP contribution < -0.4 is 26.2 Å². The van der Waals surface area contributed by atoms with Crippen molar-refractivity contribution in [3.63, 3.8) is 0 Å². The third-order valence-corrected chi connectivity index (χ3v) is 6.04. The van der Waals surface area contributed by atoms with Crippen LogP contribution in [0.2, 0.25) is 4.34 Å². The van der Waals surface area contributed by atoms with Crippen molar-refractivity contribution in [1.82, 2.24) is 16.0 Å². The van der Waals surface area contributed by atoms with Crippen molar-refractivity contribution in [3.8, 4) is 0 Å². The zero-order chi connectivity index (χ0) is 25.5. The molecule has 1 saturated heterocycles. The fourth-order valence-corrected chi connectivity index (χ4v) is 4.13. The van der Waals surface area contributed by atoms with E-state index >= 15 is 0 Å². The Hall–Kier alpha value is -3.22. The Balaban J connectivity index is 1.70. The average Bonchev–Trinajstić information content (AvgIpc) is 3.24. The number of anilines is 2. The molecule has 3 rings (SSSR count). The van der Waals surface area contributed by atoms with E-state index < -0.39 is 29.7 Å². The van der Waals surface area contributed by atoms with E-state index in [1.807, 2.05) is 0 Å². The molecule has 188 valence electrons. The molecule has 1 fully saturated rings. The Kier molecular flexibility index (Phi) is 9.01. The number of halogens is 2. The number of morpholine rings is 1. The highest BCUT2D eigenvalue weighted by molar-refractivity contribution is 7.18. The van der Waals surface area contributed by atoms with Gasteiger partial charge < -0.3 is 30.9 Å². The molecule has 13 heteroatoms. The first-order chi connectivity index (χ1) is 16.6. The maximum absolute atomic E-state index is 14.8. The van der Waals surface area contributed by atoms with Crippen molar-refractivity contribution < 1.29 is 28.3 Å². The molecule has 0 saturated carbocycles. The van der Waals surface area contributed by atoms with E-state index in [-0.39, 0.29) is 37.3 Å². The number of nitrogens with one attached hydrogen (secondary N) is 4. The molecule has 0 aliphatic carbocycles. The summed E-state index contributed by atoms with van der Waals surface area (Å²) in [4.78, 5) is 51.2. The van der Waals surface area contributed by atoms with Crippen LogP contribution in [0.15, 0.2) is 30.3 Å². The number of hydrogen-bond acceptors (Lipinski definition) is 6. The number of hydrogen-bond donors (Lipinski definition) is 4. The number of benzene rings is 1. The molecule has 2 heterocycles. The molecule has 1 aromatic carbocycles. The van der Waals surface area contributed by atoms with Crippen molar-refractivity contribution in [2.45, 2.75) is 25.9 Å². The van der Waals surface area contributed by atoms with Gasteiger partial charge in [-0.3, -0.25) is 14.4 Å². The molecule has 0 radical (unpaired) electrons. The van der Waals surface area contributed by atoms with Gasteiger partial charge in [0.25, 0.3) is 11.8 Å². The Bertz CT molecular complexity index is 1110. The Morgan fingerprint density at radius 2 is 1.97 bits per heavy atom. The van der Waals surface area contributed by atoms with Crippen molar-refractivity contribution in [2.24, 2.45) is 0 Å². The minimum atomic E-state index is -1.21. The first kappa shape index (κ1) is 26.4. The van der Waals surface area contributed by atoms with Gasteiger partial charge in [-0.25, -0.2) is 9.18 Å². The molecule has 0 unspecified atom stereocenters. The van der Waals surface area contributed by atoms with Crippen molar-refractivity contribution in [2.75, 3.05) is 36.5 Å². The molecule has 1 atom stereocenters. The predicted molar refractivity (Wildman–Crippen MR) is 130 cm³/mol. The van der Waals surface area contributed by atoms with Crippen LogP contribution in [-0.4, -0.2) is 62.1 Å². The average molecular weight is 526 g/mol. The first-order valence-corrected chi connectivity index (χ1v) is 11.9. The zero-order valence-electron chi connectivity index (χ0n) is 19.0. The number of nitrogens with zero attached hydrogens (tertiary/aromatic N) is 1.